The van der Waals surface area contributed by atoms with Gasteiger partial charge in [0.25, 0.3) is 0 Å². The summed E-state index contributed by atoms with van der Waals surface area (Å²) in [5, 5.41) is 2.59. The van der Waals surface area contributed by atoms with Gasteiger partial charge in [-0.25, -0.2) is 15.0 Å². The maximum absolute atomic E-state index is 5.27. The van der Waals surface area contributed by atoms with Crippen molar-refractivity contribution >= 4 is 16.7 Å². The van der Waals surface area contributed by atoms with E-state index < -0.39 is 0 Å². The predicted octanol–water partition coefficient (Wildman–Crippen LogP) is 2.69. The van der Waals surface area contributed by atoms with E-state index in [0.29, 0.717) is 5.82 Å². The third kappa shape index (κ3) is 2.19. The number of hydrogen-bond donors (Lipinski definition) is 0. The van der Waals surface area contributed by atoms with Crippen LogP contribution in [0.5, 0.6) is 0 Å². The number of benzene rings is 1. The van der Waals surface area contributed by atoms with E-state index in [9.17, 15) is 0 Å². The van der Waals surface area contributed by atoms with Crippen molar-refractivity contribution in [3.8, 4) is 11.4 Å². The van der Waals surface area contributed by atoms with Crippen molar-refractivity contribution in [1.29, 1.82) is 0 Å². The number of fused-ring (bicyclic) bond motifs is 1. The van der Waals surface area contributed by atoms with Crippen LogP contribution in [-0.2, 0) is 4.84 Å². The largest absolute Gasteiger partial charge is 0.276 e. The molecule has 100 valence electrons. The standard InChI is InChI=1S/C15H14N4O/c1-19(20-2)15-12-5-3-4-6-13(12)17-14(18-15)11-7-9-16-10-8-11/h3-10H,1-2H3. The molecule has 2 heterocycles. The summed E-state index contributed by atoms with van der Waals surface area (Å²) in [6.45, 7) is 0. The molecule has 5 heteroatoms. The van der Waals surface area contributed by atoms with Crippen LogP contribution >= 0.6 is 0 Å². The molecular weight excluding hydrogens is 252 g/mol. The average Bonchev–Trinajstić information content (AvgIpc) is 2.54. The SMILES string of the molecule is CON(C)c1nc(-c2ccncc2)nc2ccccc12. The van der Waals surface area contributed by atoms with E-state index in [1.807, 2.05) is 43.4 Å². The summed E-state index contributed by atoms with van der Waals surface area (Å²) >= 11 is 0. The van der Waals surface area contributed by atoms with E-state index in [2.05, 4.69) is 15.0 Å². The quantitative estimate of drug-likeness (QED) is 0.682. The fraction of sp³-hybridized carbons (Fsp3) is 0.133. The topological polar surface area (TPSA) is 51.1 Å². The van der Waals surface area contributed by atoms with Gasteiger partial charge in [0.05, 0.1) is 12.6 Å². The second-order valence-corrected chi connectivity index (χ2v) is 4.30. The average molecular weight is 266 g/mol. The van der Waals surface area contributed by atoms with E-state index >= 15 is 0 Å². The highest BCUT2D eigenvalue weighted by atomic mass is 16.7. The van der Waals surface area contributed by atoms with Crippen LogP contribution in [0.2, 0.25) is 0 Å². The maximum atomic E-state index is 5.27. The van der Waals surface area contributed by atoms with Crippen LogP contribution in [0.1, 0.15) is 0 Å². The van der Waals surface area contributed by atoms with Gasteiger partial charge in [-0.3, -0.25) is 9.82 Å². The van der Waals surface area contributed by atoms with Gasteiger partial charge >= 0.3 is 0 Å². The fourth-order valence-corrected chi connectivity index (χ4v) is 2.02. The predicted molar refractivity (Wildman–Crippen MR) is 78.2 cm³/mol. The molecule has 0 amide bonds. The second kappa shape index (κ2) is 5.22. The number of para-hydroxylation sites is 1. The Kier molecular flexibility index (Phi) is 3.26. The molecule has 2 aromatic heterocycles. The zero-order valence-electron chi connectivity index (χ0n) is 11.3. The van der Waals surface area contributed by atoms with E-state index in [-0.39, 0.29) is 0 Å². The number of rotatable bonds is 3. The van der Waals surface area contributed by atoms with Crippen LogP contribution in [0, 0.1) is 0 Å². The van der Waals surface area contributed by atoms with Gasteiger partial charge < -0.3 is 0 Å². The first-order valence-electron chi connectivity index (χ1n) is 6.24. The number of hydroxylamine groups is 1. The first kappa shape index (κ1) is 12.5. The Labute approximate surface area is 116 Å². The summed E-state index contributed by atoms with van der Waals surface area (Å²) in [5.74, 6) is 1.40. The summed E-state index contributed by atoms with van der Waals surface area (Å²) < 4.78 is 0. The molecule has 3 rings (SSSR count). The molecule has 0 aliphatic rings. The Hall–Kier alpha value is -2.53. The van der Waals surface area contributed by atoms with Crippen molar-refractivity contribution in [1.82, 2.24) is 15.0 Å². The summed E-state index contributed by atoms with van der Waals surface area (Å²) in [4.78, 5) is 18.5. The molecule has 0 bridgehead atoms. The van der Waals surface area contributed by atoms with Gasteiger partial charge in [0.15, 0.2) is 11.6 Å². The van der Waals surface area contributed by atoms with Gasteiger partial charge in [0.1, 0.15) is 0 Å². The van der Waals surface area contributed by atoms with Crippen molar-refractivity contribution in [2.24, 2.45) is 0 Å². The normalized spacial score (nSPS) is 10.7. The van der Waals surface area contributed by atoms with Gasteiger partial charge in [0.2, 0.25) is 0 Å². The molecule has 0 atom stereocenters. The molecule has 5 nitrogen and oxygen atoms in total. The van der Waals surface area contributed by atoms with Crippen molar-refractivity contribution in [2.45, 2.75) is 0 Å². The molecule has 3 aromatic rings. The van der Waals surface area contributed by atoms with Crippen molar-refractivity contribution in [2.75, 3.05) is 19.2 Å². The van der Waals surface area contributed by atoms with Crippen LogP contribution < -0.4 is 5.06 Å². The van der Waals surface area contributed by atoms with Crippen LogP contribution in [0.25, 0.3) is 22.3 Å². The third-order valence-electron chi connectivity index (χ3n) is 3.09. The summed E-state index contributed by atoms with van der Waals surface area (Å²) in [7, 11) is 3.44. The van der Waals surface area contributed by atoms with E-state index in [4.69, 9.17) is 4.84 Å². The van der Waals surface area contributed by atoms with Crippen molar-refractivity contribution < 1.29 is 4.84 Å². The zero-order chi connectivity index (χ0) is 13.9. The first-order valence-corrected chi connectivity index (χ1v) is 6.24. The highest BCUT2D eigenvalue weighted by Crippen LogP contribution is 2.26. The molecule has 0 N–H and O–H groups in total. The second-order valence-electron chi connectivity index (χ2n) is 4.30. The first-order chi connectivity index (χ1) is 9.79. The molecule has 0 aliphatic heterocycles. The van der Waals surface area contributed by atoms with E-state index in [1.165, 1.54) is 0 Å². The van der Waals surface area contributed by atoms with Crippen LogP contribution in [0.15, 0.2) is 48.8 Å². The number of hydrogen-bond acceptors (Lipinski definition) is 5. The van der Waals surface area contributed by atoms with Crippen LogP contribution in [0.4, 0.5) is 5.82 Å². The van der Waals surface area contributed by atoms with Crippen LogP contribution in [0.3, 0.4) is 0 Å². The van der Waals surface area contributed by atoms with Gasteiger partial charge in [-0.15, -0.1) is 0 Å². The Balaban J connectivity index is 2.25. The minimum atomic E-state index is 0.657. The molecule has 0 fully saturated rings. The lowest BCUT2D eigenvalue weighted by Crippen LogP contribution is -2.17. The van der Waals surface area contributed by atoms with Gasteiger partial charge in [-0.2, -0.15) is 0 Å². The number of pyridine rings is 1. The molecule has 0 aliphatic carbocycles. The molecule has 0 unspecified atom stereocenters. The number of nitrogens with zero attached hydrogens (tertiary/aromatic N) is 4. The molecule has 0 saturated carbocycles. The van der Waals surface area contributed by atoms with Crippen molar-refractivity contribution in [3.05, 3.63) is 48.8 Å². The fourth-order valence-electron chi connectivity index (χ4n) is 2.02. The lowest BCUT2D eigenvalue weighted by molar-refractivity contribution is 0.183. The molecule has 0 spiro atoms. The molecule has 1 aromatic carbocycles. The highest BCUT2D eigenvalue weighted by molar-refractivity contribution is 5.90. The Morgan fingerprint density at radius 2 is 1.75 bits per heavy atom. The minimum absolute atomic E-state index is 0.657. The number of anilines is 1. The number of aromatic nitrogens is 3. The highest BCUT2D eigenvalue weighted by Gasteiger charge is 2.12. The Morgan fingerprint density at radius 1 is 1.00 bits per heavy atom. The Morgan fingerprint density at radius 3 is 2.50 bits per heavy atom. The zero-order valence-corrected chi connectivity index (χ0v) is 11.3. The molecule has 0 radical (unpaired) electrons. The Bertz CT molecular complexity index is 730. The smallest absolute Gasteiger partial charge is 0.164 e. The maximum Gasteiger partial charge on any atom is 0.164 e. The molecule has 20 heavy (non-hydrogen) atoms. The lowest BCUT2D eigenvalue weighted by atomic mass is 10.2. The van der Waals surface area contributed by atoms with E-state index in [0.717, 1.165) is 22.3 Å². The summed E-state index contributed by atoms with van der Waals surface area (Å²) in [5.41, 5.74) is 1.81. The van der Waals surface area contributed by atoms with Crippen LogP contribution in [-0.4, -0.2) is 29.1 Å². The monoisotopic (exact) mass is 266 g/mol. The summed E-state index contributed by atoms with van der Waals surface area (Å²) in [6, 6.07) is 11.7. The lowest BCUT2D eigenvalue weighted by Gasteiger charge is -2.17. The van der Waals surface area contributed by atoms with E-state index in [1.54, 1.807) is 24.6 Å². The molecule has 0 saturated heterocycles. The van der Waals surface area contributed by atoms with Crippen molar-refractivity contribution in [3.63, 3.8) is 0 Å². The van der Waals surface area contributed by atoms with Gasteiger partial charge in [-0.05, 0) is 24.3 Å². The van der Waals surface area contributed by atoms with Gasteiger partial charge in [-0.1, -0.05) is 12.1 Å². The summed E-state index contributed by atoms with van der Waals surface area (Å²) in [6.07, 6.45) is 3.46. The minimum Gasteiger partial charge on any atom is -0.276 e. The third-order valence-corrected chi connectivity index (χ3v) is 3.09. The molecular formula is C15H14N4O. The van der Waals surface area contributed by atoms with Gasteiger partial charge in [0, 0.05) is 30.4 Å².